The monoisotopic (exact) mass is 253 g/mol. The third-order valence-electron chi connectivity index (χ3n) is 2.37. The van der Waals surface area contributed by atoms with Crippen molar-refractivity contribution in [2.45, 2.75) is 12.5 Å². The predicted octanol–water partition coefficient (Wildman–Crippen LogP) is 0.620. The SMILES string of the molecule is COc1ccc(C[C@H](NC(=O)O)C(N)=NO)cc1. The normalized spacial score (nSPS) is 12.8. The minimum Gasteiger partial charge on any atom is -0.497 e. The van der Waals surface area contributed by atoms with Gasteiger partial charge in [-0.15, -0.1) is 0 Å². The lowest BCUT2D eigenvalue weighted by atomic mass is 10.1. The lowest BCUT2D eigenvalue weighted by Crippen LogP contribution is -2.45. The second-order valence-electron chi connectivity index (χ2n) is 3.58. The van der Waals surface area contributed by atoms with Gasteiger partial charge in [-0.05, 0) is 17.7 Å². The topological polar surface area (TPSA) is 117 Å². The number of amidine groups is 1. The Hall–Kier alpha value is -2.44. The molecule has 0 spiro atoms. The van der Waals surface area contributed by atoms with Crippen LogP contribution in [0.5, 0.6) is 5.75 Å². The van der Waals surface area contributed by atoms with Gasteiger partial charge in [0.1, 0.15) is 5.75 Å². The van der Waals surface area contributed by atoms with Gasteiger partial charge in [-0.1, -0.05) is 17.3 Å². The molecule has 0 radical (unpaired) electrons. The maximum atomic E-state index is 10.6. The first-order chi connectivity index (χ1) is 8.56. The molecule has 0 saturated carbocycles. The highest BCUT2D eigenvalue weighted by Gasteiger charge is 2.17. The van der Waals surface area contributed by atoms with Gasteiger partial charge in [0.25, 0.3) is 0 Å². The number of amides is 1. The summed E-state index contributed by atoms with van der Waals surface area (Å²) in [5, 5.41) is 22.2. The molecule has 0 heterocycles. The molecular weight excluding hydrogens is 238 g/mol. The number of oxime groups is 1. The predicted molar refractivity (Wildman–Crippen MR) is 65.1 cm³/mol. The van der Waals surface area contributed by atoms with Crippen LogP contribution < -0.4 is 15.8 Å². The summed E-state index contributed by atoms with van der Waals surface area (Å²) in [4.78, 5) is 10.6. The lowest BCUT2D eigenvalue weighted by Gasteiger charge is -2.15. The van der Waals surface area contributed by atoms with E-state index < -0.39 is 12.1 Å². The smallest absolute Gasteiger partial charge is 0.405 e. The van der Waals surface area contributed by atoms with Crippen LogP contribution in [0.3, 0.4) is 0 Å². The maximum absolute atomic E-state index is 10.6. The summed E-state index contributed by atoms with van der Waals surface area (Å²) >= 11 is 0. The highest BCUT2D eigenvalue weighted by atomic mass is 16.5. The Morgan fingerprint density at radius 1 is 1.50 bits per heavy atom. The second kappa shape index (κ2) is 6.33. The second-order valence-corrected chi connectivity index (χ2v) is 3.58. The van der Waals surface area contributed by atoms with Crippen molar-refractivity contribution in [1.29, 1.82) is 0 Å². The zero-order valence-corrected chi connectivity index (χ0v) is 9.83. The molecule has 7 heteroatoms. The molecule has 0 unspecified atom stereocenters. The van der Waals surface area contributed by atoms with Crippen LogP contribution in [0, 0.1) is 0 Å². The van der Waals surface area contributed by atoms with Gasteiger partial charge in [0.2, 0.25) is 0 Å². The van der Waals surface area contributed by atoms with E-state index in [-0.39, 0.29) is 12.3 Å². The van der Waals surface area contributed by atoms with Crippen molar-refractivity contribution in [3.63, 3.8) is 0 Å². The fourth-order valence-corrected chi connectivity index (χ4v) is 1.45. The molecule has 0 aliphatic rings. The van der Waals surface area contributed by atoms with Crippen molar-refractivity contribution < 1.29 is 19.8 Å². The van der Waals surface area contributed by atoms with Gasteiger partial charge >= 0.3 is 6.09 Å². The number of hydrogen-bond donors (Lipinski definition) is 4. The molecule has 7 nitrogen and oxygen atoms in total. The van der Waals surface area contributed by atoms with Crippen LogP contribution in [0.1, 0.15) is 5.56 Å². The van der Waals surface area contributed by atoms with Gasteiger partial charge in [-0.3, -0.25) is 0 Å². The van der Waals surface area contributed by atoms with Crippen LogP contribution in [0.4, 0.5) is 4.79 Å². The van der Waals surface area contributed by atoms with E-state index >= 15 is 0 Å². The van der Waals surface area contributed by atoms with Crippen LogP contribution in [-0.2, 0) is 6.42 Å². The number of nitrogens with one attached hydrogen (secondary N) is 1. The van der Waals surface area contributed by atoms with E-state index in [9.17, 15) is 4.79 Å². The number of carbonyl (C=O) groups is 1. The molecule has 0 aliphatic carbocycles. The van der Waals surface area contributed by atoms with Gasteiger partial charge in [0.15, 0.2) is 5.84 Å². The standard InChI is InChI=1S/C11H15N3O4/c1-18-8-4-2-7(3-5-8)6-9(10(12)14-17)13-11(15)16/h2-5,9,13,17H,6H2,1H3,(H2,12,14)(H,15,16)/t9-/m0/s1. The third kappa shape index (κ3) is 3.85. The van der Waals surface area contributed by atoms with Crippen molar-refractivity contribution in [2.75, 3.05) is 7.11 Å². The number of ether oxygens (including phenoxy) is 1. The fraction of sp³-hybridized carbons (Fsp3) is 0.273. The number of rotatable bonds is 5. The van der Waals surface area contributed by atoms with Crippen molar-refractivity contribution in [3.05, 3.63) is 29.8 Å². The Balaban J connectivity index is 2.78. The molecule has 1 atom stereocenters. The van der Waals surface area contributed by atoms with Crippen molar-refractivity contribution in [2.24, 2.45) is 10.9 Å². The summed E-state index contributed by atoms with van der Waals surface area (Å²) in [6.07, 6.45) is -0.952. The van der Waals surface area contributed by atoms with Crippen molar-refractivity contribution >= 4 is 11.9 Å². The quantitative estimate of drug-likeness (QED) is 0.265. The van der Waals surface area contributed by atoms with Gasteiger partial charge in [0, 0.05) is 6.42 Å². The van der Waals surface area contributed by atoms with Crippen LogP contribution in [0.15, 0.2) is 29.4 Å². The number of nitrogens with zero attached hydrogens (tertiary/aromatic N) is 1. The van der Waals surface area contributed by atoms with E-state index in [1.807, 2.05) is 0 Å². The molecule has 0 fully saturated rings. The highest BCUT2D eigenvalue weighted by Crippen LogP contribution is 2.12. The molecule has 5 N–H and O–H groups in total. The average molecular weight is 253 g/mol. The molecule has 0 saturated heterocycles. The van der Waals surface area contributed by atoms with E-state index in [0.717, 1.165) is 5.56 Å². The zero-order chi connectivity index (χ0) is 13.5. The van der Waals surface area contributed by atoms with E-state index in [1.165, 1.54) is 0 Å². The minimum absolute atomic E-state index is 0.187. The van der Waals surface area contributed by atoms with Crippen LogP contribution in [-0.4, -0.2) is 35.4 Å². The summed E-state index contributed by atoms with van der Waals surface area (Å²) < 4.78 is 5.01. The zero-order valence-electron chi connectivity index (χ0n) is 9.83. The van der Waals surface area contributed by atoms with Crippen LogP contribution >= 0.6 is 0 Å². The third-order valence-corrected chi connectivity index (χ3v) is 2.37. The number of nitrogens with two attached hydrogens (primary N) is 1. The molecule has 98 valence electrons. The fourth-order valence-electron chi connectivity index (χ4n) is 1.45. The van der Waals surface area contributed by atoms with Gasteiger partial charge < -0.3 is 26.1 Å². The number of hydrogen-bond acceptors (Lipinski definition) is 4. The molecule has 1 aromatic rings. The van der Waals surface area contributed by atoms with Crippen LogP contribution in [0.25, 0.3) is 0 Å². The summed E-state index contributed by atoms with van der Waals surface area (Å²) in [7, 11) is 1.56. The Bertz CT molecular complexity index is 430. The first kappa shape index (κ1) is 13.6. The van der Waals surface area contributed by atoms with E-state index in [2.05, 4.69) is 10.5 Å². The van der Waals surface area contributed by atoms with E-state index in [1.54, 1.807) is 31.4 Å². The largest absolute Gasteiger partial charge is 0.497 e. The lowest BCUT2D eigenvalue weighted by molar-refractivity contribution is 0.192. The summed E-state index contributed by atoms with van der Waals surface area (Å²) in [5.74, 6) is 0.513. The Morgan fingerprint density at radius 3 is 2.56 bits per heavy atom. The minimum atomic E-state index is -1.24. The molecule has 0 aliphatic heterocycles. The number of methoxy groups -OCH3 is 1. The number of carboxylic acid groups (broad SMARTS) is 1. The van der Waals surface area contributed by atoms with E-state index in [4.69, 9.17) is 20.8 Å². The average Bonchev–Trinajstić information content (AvgIpc) is 2.37. The summed E-state index contributed by atoms with van der Waals surface area (Å²) in [6.45, 7) is 0. The van der Waals surface area contributed by atoms with Gasteiger partial charge in [-0.25, -0.2) is 4.79 Å². The number of benzene rings is 1. The van der Waals surface area contributed by atoms with Crippen molar-refractivity contribution in [3.8, 4) is 5.75 Å². The maximum Gasteiger partial charge on any atom is 0.405 e. The van der Waals surface area contributed by atoms with E-state index in [0.29, 0.717) is 5.75 Å². The Kier molecular flexibility index (Phi) is 4.79. The van der Waals surface area contributed by atoms with Gasteiger partial charge in [0.05, 0.1) is 13.2 Å². The Labute approximate surface area is 104 Å². The molecule has 18 heavy (non-hydrogen) atoms. The highest BCUT2D eigenvalue weighted by molar-refractivity contribution is 5.88. The van der Waals surface area contributed by atoms with Crippen molar-refractivity contribution in [1.82, 2.24) is 5.32 Å². The Morgan fingerprint density at radius 2 is 2.11 bits per heavy atom. The molecule has 0 bridgehead atoms. The first-order valence-corrected chi connectivity index (χ1v) is 5.16. The molecule has 1 amide bonds. The summed E-state index contributed by atoms with van der Waals surface area (Å²) in [6, 6.07) is 6.28. The summed E-state index contributed by atoms with van der Waals surface area (Å²) in [5.41, 5.74) is 6.25. The van der Waals surface area contributed by atoms with Gasteiger partial charge in [-0.2, -0.15) is 0 Å². The molecular formula is C11H15N3O4. The molecule has 1 rings (SSSR count). The van der Waals surface area contributed by atoms with Crippen LogP contribution in [0.2, 0.25) is 0 Å². The molecule has 1 aromatic carbocycles. The first-order valence-electron chi connectivity index (χ1n) is 5.16. The molecule has 0 aromatic heterocycles.